The zero-order chi connectivity index (χ0) is 7.61. The molecule has 0 bridgehead atoms. The van der Waals surface area contributed by atoms with Crippen LogP contribution in [0.2, 0.25) is 0 Å². The highest BCUT2D eigenvalue weighted by Crippen LogP contribution is 2.14. The summed E-state index contributed by atoms with van der Waals surface area (Å²) < 4.78 is 0. The molecule has 10 heavy (non-hydrogen) atoms. The summed E-state index contributed by atoms with van der Waals surface area (Å²) in [7, 11) is 0. The molecule has 1 heterocycles. The second-order valence-corrected chi connectivity index (χ2v) is 2.86. The molecule has 0 fully saturated rings. The van der Waals surface area contributed by atoms with Crippen LogP contribution >= 0.6 is 0 Å². The van der Waals surface area contributed by atoms with Crippen molar-refractivity contribution in [2.75, 3.05) is 0 Å². The molecule has 0 aliphatic carbocycles. The molecule has 2 heteroatoms. The predicted octanol–water partition coefficient (Wildman–Crippen LogP) is 1.69. The molecule has 0 radical (unpaired) electrons. The molecule has 0 aromatic heterocycles. The van der Waals surface area contributed by atoms with Crippen molar-refractivity contribution < 1.29 is 0 Å². The summed E-state index contributed by atoms with van der Waals surface area (Å²) in [5.41, 5.74) is 1.26. The van der Waals surface area contributed by atoms with E-state index >= 15 is 0 Å². The van der Waals surface area contributed by atoms with E-state index in [0.29, 0.717) is 0 Å². The predicted molar refractivity (Wildman–Crippen MR) is 44.1 cm³/mol. The van der Waals surface area contributed by atoms with E-state index in [9.17, 15) is 0 Å². The van der Waals surface area contributed by atoms with Crippen LogP contribution in [0.5, 0.6) is 0 Å². The van der Waals surface area contributed by atoms with Crippen LogP contribution in [0.25, 0.3) is 0 Å². The number of hydrogen-bond acceptors (Lipinski definition) is 2. The first-order valence-corrected chi connectivity index (χ1v) is 3.66. The lowest BCUT2D eigenvalue weighted by Crippen LogP contribution is -2.46. The Labute approximate surface area is 62.0 Å². The standard InChI is InChI=1S/C8H14N2/c1-4-8(3)7(2)9-5-6-10-8/h5-6,10H,4H2,1-3H3. The Morgan fingerprint density at radius 3 is 2.80 bits per heavy atom. The van der Waals surface area contributed by atoms with Crippen LogP contribution < -0.4 is 5.32 Å². The summed E-state index contributed by atoms with van der Waals surface area (Å²) in [6.07, 6.45) is 4.77. The number of nitrogens with zero attached hydrogens (tertiary/aromatic N) is 1. The van der Waals surface area contributed by atoms with E-state index in [4.69, 9.17) is 0 Å². The highest BCUT2D eigenvalue weighted by Gasteiger charge is 2.24. The van der Waals surface area contributed by atoms with Gasteiger partial charge in [0.2, 0.25) is 0 Å². The minimum Gasteiger partial charge on any atom is -0.379 e. The van der Waals surface area contributed by atoms with Crippen molar-refractivity contribution in [3.8, 4) is 0 Å². The van der Waals surface area contributed by atoms with Gasteiger partial charge in [-0.25, -0.2) is 0 Å². The summed E-state index contributed by atoms with van der Waals surface area (Å²) in [5, 5.41) is 3.28. The van der Waals surface area contributed by atoms with Crippen molar-refractivity contribution in [1.82, 2.24) is 5.32 Å². The first kappa shape index (κ1) is 7.32. The van der Waals surface area contributed by atoms with Gasteiger partial charge in [-0.15, -0.1) is 0 Å². The lowest BCUT2D eigenvalue weighted by atomic mass is 9.93. The molecule has 1 aliphatic rings. The van der Waals surface area contributed by atoms with Crippen LogP contribution in [0.1, 0.15) is 27.2 Å². The van der Waals surface area contributed by atoms with Gasteiger partial charge in [-0.1, -0.05) is 6.92 Å². The van der Waals surface area contributed by atoms with Gasteiger partial charge in [0, 0.05) is 18.1 Å². The maximum absolute atomic E-state index is 4.23. The average Bonchev–Trinajstić information content (AvgIpc) is 1.96. The number of nitrogens with one attached hydrogen (secondary N) is 1. The van der Waals surface area contributed by atoms with Crippen LogP contribution in [-0.4, -0.2) is 11.3 Å². The Bertz CT molecular complexity index is 182. The summed E-state index contributed by atoms with van der Waals surface area (Å²) in [6, 6.07) is 0. The van der Waals surface area contributed by atoms with E-state index in [2.05, 4.69) is 31.1 Å². The normalized spacial score (nSPS) is 31.3. The number of hydrogen-bond donors (Lipinski definition) is 1. The fourth-order valence-electron chi connectivity index (χ4n) is 0.975. The molecular formula is C8H14N2. The van der Waals surface area contributed by atoms with Gasteiger partial charge < -0.3 is 5.32 Å². The van der Waals surface area contributed by atoms with Crippen molar-refractivity contribution in [2.45, 2.75) is 32.7 Å². The SMILES string of the molecule is CCC1(C)NC=CN=C1C. The van der Waals surface area contributed by atoms with Gasteiger partial charge in [0.25, 0.3) is 0 Å². The first-order valence-electron chi connectivity index (χ1n) is 3.66. The van der Waals surface area contributed by atoms with E-state index < -0.39 is 0 Å². The third-order valence-electron chi connectivity index (χ3n) is 2.25. The second-order valence-electron chi connectivity index (χ2n) is 2.86. The molecule has 0 aromatic rings. The molecule has 56 valence electrons. The van der Waals surface area contributed by atoms with Gasteiger partial charge in [0.05, 0.1) is 5.54 Å². The molecule has 1 unspecified atom stereocenters. The molecule has 1 N–H and O–H groups in total. The van der Waals surface area contributed by atoms with E-state index in [0.717, 1.165) is 12.1 Å². The number of rotatable bonds is 1. The highest BCUT2D eigenvalue weighted by molar-refractivity contribution is 5.92. The monoisotopic (exact) mass is 138 g/mol. The maximum Gasteiger partial charge on any atom is 0.0718 e. The Kier molecular flexibility index (Phi) is 1.79. The third-order valence-corrected chi connectivity index (χ3v) is 2.25. The zero-order valence-electron chi connectivity index (χ0n) is 6.81. The molecule has 2 nitrogen and oxygen atoms in total. The van der Waals surface area contributed by atoms with Gasteiger partial charge in [-0.05, 0) is 20.3 Å². The fourth-order valence-corrected chi connectivity index (χ4v) is 0.975. The van der Waals surface area contributed by atoms with Gasteiger partial charge in [0.1, 0.15) is 0 Å². The van der Waals surface area contributed by atoms with E-state index in [1.807, 2.05) is 6.20 Å². The lowest BCUT2D eigenvalue weighted by Gasteiger charge is -2.30. The van der Waals surface area contributed by atoms with Gasteiger partial charge >= 0.3 is 0 Å². The molecule has 0 amide bonds. The topological polar surface area (TPSA) is 24.4 Å². The average molecular weight is 138 g/mol. The minimum atomic E-state index is 0.0920. The molecule has 0 aromatic carbocycles. The molecule has 1 rings (SSSR count). The van der Waals surface area contributed by atoms with Crippen LogP contribution in [0, 0.1) is 0 Å². The van der Waals surface area contributed by atoms with E-state index in [1.165, 1.54) is 0 Å². The third kappa shape index (κ3) is 1.06. The van der Waals surface area contributed by atoms with Crippen molar-refractivity contribution >= 4 is 5.71 Å². The summed E-state index contributed by atoms with van der Waals surface area (Å²) in [5.74, 6) is 0. The first-order chi connectivity index (χ1) is 4.69. The Hall–Kier alpha value is -0.790. The van der Waals surface area contributed by atoms with Gasteiger partial charge in [-0.2, -0.15) is 0 Å². The van der Waals surface area contributed by atoms with Gasteiger partial charge in [0.15, 0.2) is 0 Å². The largest absolute Gasteiger partial charge is 0.379 e. The van der Waals surface area contributed by atoms with Crippen LogP contribution in [0.4, 0.5) is 0 Å². The summed E-state index contributed by atoms with van der Waals surface area (Å²) >= 11 is 0. The van der Waals surface area contributed by atoms with Gasteiger partial charge in [-0.3, -0.25) is 4.99 Å². The van der Waals surface area contributed by atoms with Crippen molar-refractivity contribution in [1.29, 1.82) is 0 Å². The Morgan fingerprint density at radius 2 is 2.40 bits per heavy atom. The molecule has 0 saturated heterocycles. The van der Waals surface area contributed by atoms with Crippen LogP contribution in [-0.2, 0) is 0 Å². The number of aliphatic imine (C=N–C) groups is 1. The molecular weight excluding hydrogens is 124 g/mol. The molecule has 0 spiro atoms. The lowest BCUT2D eigenvalue weighted by molar-refractivity contribution is 0.509. The second kappa shape index (κ2) is 2.45. The van der Waals surface area contributed by atoms with E-state index in [-0.39, 0.29) is 5.54 Å². The quantitative estimate of drug-likeness (QED) is 0.586. The Morgan fingerprint density at radius 1 is 1.70 bits per heavy atom. The maximum atomic E-state index is 4.23. The van der Waals surface area contributed by atoms with Crippen molar-refractivity contribution in [2.24, 2.45) is 4.99 Å². The Balaban J connectivity index is 2.81. The summed E-state index contributed by atoms with van der Waals surface area (Å²) in [6.45, 7) is 6.38. The molecule has 1 aliphatic heterocycles. The summed E-state index contributed by atoms with van der Waals surface area (Å²) in [4.78, 5) is 4.23. The fraction of sp³-hybridized carbons (Fsp3) is 0.625. The molecule has 0 saturated carbocycles. The van der Waals surface area contributed by atoms with E-state index in [1.54, 1.807) is 6.20 Å². The van der Waals surface area contributed by atoms with Crippen molar-refractivity contribution in [3.05, 3.63) is 12.4 Å². The minimum absolute atomic E-state index is 0.0920. The highest BCUT2D eigenvalue weighted by atomic mass is 15.0. The van der Waals surface area contributed by atoms with Crippen molar-refractivity contribution in [3.63, 3.8) is 0 Å². The van der Waals surface area contributed by atoms with Crippen LogP contribution in [0.3, 0.4) is 0 Å². The van der Waals surface area contributed by atoms with Crippen LogP contribution in [0.15, 0.2) is 17.4 Å². The smallest absolute Gasteiger partial charge is 0.0718 e. The zero-order valence-corrected chi connectivity index (χ0v) is 6.81. The molecule has 1 atom stereocenters.